The second kappa shape index (κ2) is 8.28. The number of likely N-dealkylation sites (tertiary alicyclic amines) is 1. The third-order valence-corrected chi connectivity index (χ3v) is 3.88. The van der Waals surface area contributed by atoms with Crippen molar-refractivity contribution in [1.82, 2.24) is 4.90 Å². The summed E-state index contributed by atoms with van der Waals surface area (Å²) in [5, 5.41) is 0.270. The fourth-order valence-electron chi connectivity index (χ4n) is 1.70. The minimum Gasteiger partial charge on any atom is -0.334 e. The Hall–Kier alpha value is 0.110. The van der Waals surface area contributed by atoms with Crippen LogP contribution in [-0.2, 0) is 0 Å². The van der Waals surface area contributed by atoms with Gasteiger partial charge in [-0.15, -0.1) is 11.6 Å². The van der Waals surface area contributed by atoms with Crippen LogP contribution in [0.4, 0.5) is 4.79 Å². The topological polar surface area (TPSA) is 20.3 Å². The number of carbonyl (C=O) groups excluding carboxylic acids is 1. The lowest BCUT2D eigenvalue weighted by Crippen LogP contribution is -2.28. The second-order valence-corrected chi connectivity index (χ2v) is 5.34. The average Bonchev–Trinajstić information content (AvgIpc) is 2.52. The van der Waals surface area contributed by atoms with E-state index in [0.717, 1.165) is 31.7 Å². The van der Waals surface area contributed by atoms with E-state index in [9.17, 15) is 4.79 Å². The van der Waals surface area contributed by atoms with Gasteiger partial charge in [-0.25, -0.2) is 0 Å². The van der Waals surface area contributed by atoms with Gasteiger partial charge in [0.05, 0.1) is 0 Å². The van der Waals surface area contributed by atoms with Crippen LogP contribution in [-0.4, -0.2) is 34.9 Å². The largest absolute Gasteiger partial charge is 0.334 e. The van der Waals surface area contributed by atoms with E-state index in [1.165, 1.54) is 37.4 Å². The minimum absolute atomic E-state index is 0.270. The van der Waals surface area contributed by atoms with Crippen molar-refractivity contribution in [2.45, 2.75) is 38.5 Å². The summed E-state index contributed by atoms with van der Waals surface area (Å²) in [5.41, 5.74) is 0. The van der Waals surface area contributed by atoms with Gasteiger partial charge in [-0.2, -0.15) is 0 Å². The molecular formula is C11H20ClNOS. The molecule has 0 spiro atoms. The summed E-state index contributed by atoms with van der Waals surface area (Å²) < 4.78 is 0. The zero-order valence-corrected chi connectivity index (χ0v) is 10.8. The molecular weight excluding hydrogens is 230 g/mol. The van der Waals surface area contributed by atoms with Crippen molar-refractivity contribution in [3.05, 3.63) is 0 Å². The smallest absolute Gasteiger partial charge is 0.281 e. The first-order chi connectivity index (χ1) is 7.34. The number of hydrogen-bond acceptors (Lipinski definition) is 2. The maximum absolute atomic E-state index is 11.8. The van der Waals surface area contributed by atoms with Gasteiger partial charge in [-0.1, -0.05) is 24.6 Å². The highest BCUT2D eigenvalue weighted by Gasteiger charge is 2.15. The SMILES string of the molecule is O=C(SCCCCCl)N1CCCCCC1. The number of thioether (sulfide) groups is 1. The van der Waals surface area contributed by atoms with Crippen LogP contribution in [0.15, 0.2) is 0 Å². The molecule has 0 bridgehead atoms. The van der Waals surface area contributed by atoms with Crippen molar-refractivity contribution in [2.75, 3.05) is 24.7 Å². The molecule has 0 aromatic heterocycles. The molecule has 0 saturated carbocycles. The van der Waals surface area contributed by atoms with Gasteiger partial charge in [0.25, 0.3) is 5.24 Å². The molecule has 1 aliphatic rings. The Labute approximate surface area is 102 Å². The van der Waals surface area contributed by atoms with Gasteiger partial charge in [0, 0.05) is 24.7 Å². The van der Waals surface area contributed by atoms with E-state index in [1.54, 1.807) is 0 Å². The molecule has 0 aliphatic carbocycles. The predicted molar refractivity (Wildman–Crippen MR) is 67.8 cm³/mol. The highest BCUT2D eigenvalue weighted by molar-refractivity contribution is 8.13. The highest BCUT2D eigenvalue weighted by Crippen LogP contribution is 2.16. The van der Waals surface area contributed by atoms with Gasteiger partial charge in [-0.05, 0) is 25.7 Å². The predicted octanol–water partition coefficient (Wildman–Crippen LogP) is 3.73. The first kappa shape index (κ1) is 13.2. The fraction of sp³-hybridized carbons (Fsp3) is 0.909. The van der Waals surface area contributed by atoms with Crippen LogP contribution < -0.4 is 0 Å². The summed E-state index contributed by atoms with van der Waals surface area (Å²) >= 11 is 7.04. The van der Waals surface area contributed by atoms with Gasteiger partial charge in [0.2, 0.25) is 0 Å². The minimum atomic E-state index is 0.270. The van der Waals surface area contributed by atoms with Crippen LogP contribution in [0.3, 0.4) is 0 Å². The molecule has 0 unspecified atom stereocenters. The number of alkyl halides is 1. The summed E-state index contributed by atoms with van der Waals surface area (Å²) in [5.74, 6) is 1.63. The Bertz CT molecular complexity index is 181. The van der Waals surface area contributed by atoms with Crippen molar-refractivity contribution in [3.8, 4) is 0 Å². The molecule has 0 atom stereocenters. The molecule has 15 heavy (non-hydrogen) atoms. The zero-order valence-electron chi connectivity index (χ0n) is 9.21. The van der Waals surface area contributed by atoms with Crippen LogP contribution in [0.5, 0.6) is 0 Å². The van der Waals surface area contributed by atoms with Gasteiger partial charge in [-0.3, -0.25) is 4.79 Å². The molecule has 0 N–H and O–H groups in total. The Morgan fingerprint density at radius 2 is 1.80 bits per heavy atom. The number of hydrogen-bond donors (Lipinski definition) is 0. The number of unbranched alkanes of at least 4 members (excludes halogenated alkanes) is 1. The van der Waals surface area contributed by atoms with E-state index in [4.69, 9.17) is 11.6 Å². The van der Waals surface area contributed by atoms with Gasteiger partial charge in [0.1, 0.15) is 0 Å². The molecule has 2 nitrogen and oxygen atoms in total. The summed E-state index contributed by atoms with van der Waals surface area (Å²) in [6.07, 6.45) is 6.97. The van der Waals surface area contributed by atoms with E-state index < -0.39 is 0 Å². The molecule has 1 aliphatic heterocycles. The molecule has 88 valence electrons. The molecule has 1 fully saturated rings. The standard InChI is InChI=1S/C11H20ClNOS/c12-7-3-6-10-15-11(14)13-8-4-1-2-5-9-13/h1-10H2. The lowest BCUT2D eigenvalue weighted by atomic mass is 10.2. The molecule has 1 heterocycles. The monoisotopic (exact) mass is 249 g/mol. The van der Waals surface area contributed by atoms with E-state index in [1.807, 2.05) is 4.90 Å². The fourth-order valence-corrected chi connectivity index (χ4v) is 2.78. The third-order valence-electron chi connectivity index (χ3n) is 2.62. The molecule has 1 amide bonds. The molecule has 0 radical (unpaired) electrons. The Balaban J connectivity index is 2.14. The second-order valence-electron chi connectivity index (χ2n) is 3.91. The molecule has 4 heteroatoms. The van der Waals surface area contributed by atoms with Gasteiger partial charge < -0.3 is 4.90 Å². The van der Waals surface area contributed by atoms with E-state index in [-0.39, 0.29) is 5.24 Å². The number of carbonyl (C=O) groups is 1. The third kappa shape index (κ3) is 5.67. The molecule has 0 aromatic rings. The molecule has 1 saturated heterocycles. The van der Waals surface area contributed by atoms with Crippen molar-refractivity contribution >= 4 is 28.6 Å². The van der Waals surface area contributed by atoms with Crippen LogP contribution in [0.2, 0.25) is 0 Å². The van der Waals surface area contributed by atoms with Gasteiger partial charge >= 0.3 is 0 Å². The summed E-state index contributed by atoms with van der Waals surface area (Å²) in [6.45, 7) is 1.92. The van der Waals surface area contributed by atoms with E-state index in [2.05, 4.69) is 0 Å². The van der Waals surface area contributed by atoms with Crippen molar-refractivity contribution in [1.29, 1.82) is 0 Å². The first-order valence-electron chi connectivity index (χ1n) is 5.82. The summed E-state index contributed by atoms with van der Waals surface area (Å²) in [6, 6.07) is 0. The number of amides is 1. The Kier molecular flexibility index (Phi) is 7.28. The Morgan fingerprint density at radius 3 is 2.40 bits per heavy atom. The lowest BCUT2D eigenvalue weighted by molar-refractivity contribution is 0.225. The highest BCUT2D eigenvalue weighted by atomic mass is 35.5. The van der Waals surface area contributed by atoms with E-state index >= 15 is 0 Å². The first-order valence-corrected chi connectivity index (χ1v) is 7.34. The number of nitrogens with zero attached hydrogens (tertiary/aromatic N) is 1. The number of halogens is 1. The summed E-state index contributed by atoms with van der Waals surface area (Å²) in [4.78, 5) is 13.8. The van der Waals surface area contributed by atoms with Crippen LogP contribution in [0, 0.1) is 0 Å². The van der Waals surface area contributed by atoms with Crippen molar-refractivity contribution in [3.63, 3.8) is 0 Å². The average molecular weight is 250 g/mol. The lowest BCUT2D eigenvalue weighted by Gasteiger charge is -2.19. The van der Waals surface area contributed by atoms with E-state index in [0.29, 0.717) is 5.88 Å². The van der Waals surface area contributed by atoms with Crippen LogP contribution in [0.25, 0.3) is 0 Å². The van der Waals surface area contributed by atoms with Gasteiger partial charge in [0.15, 0.2) is 0 Å². The number of rotatable bonds is 4. The summed E-state index contributed by atoms with van der Waals surface area (Å²) in [7, 11) is 0. The zero-order chi connectivity index (χ0) is 10.9. The van der Waals surface area contributed by atoms with Crippen LogP contribution in [0.1, 0.15) is 38.5 Å². The van der Waals surface area contributed by atoms with Crippen molar-refractivity contribution < 1.29 is 4.79 Å². The van der Waals surface area contributed by atoms with Crippen molar-refractivity contribution in [2.24, 2.45) is 0 Å². The Morgan fingerprint density at radius 1 is 1.13 bits per heavy atom. The molecule has 1 rings (SSSR count). The normalized spacial score (nSPS) is 17.5. The maximum Gasteiger partial charge on any atom is 0.281 e. The quantitative estimate of drug-likeness (QED) is 0.559. The molecule has 0 aromatic carbocycles. The van der Waals surface area contributed by atoms with Crippen LogP contribution >= 0.6 is 23.4 Å². The maximum atomic E-state index is 11.8.